The first-order chi connectivity index (χ1) is 15.1. The van der Waals surface area contributed by atoms with Crippen molar-refractivity contribution in [2.45, 2.75) is 46.8 Å². The maximum absolute atomic E-state index is 10.6. The number of aryl methyl sites for hydroxylation is 1. The van der Waals surface area contributed by atoms with Crippen LogP contribution in [0.3, 0.4) is 0 Å². The maximum Gasteiger partial charge on any atom is 0.127 e. The van der Waals surface area contributed by atoms with E-state index < -0.39 is 6.61 Å². The van der Waals surface area contributed by atoms with Crippen LogP contribution in [0.1, 0.15) is 50.1 Å². The molecule has 32 heavy (non-hydrogen) atoms. The number of aliphatic hydroxyl groups is 2. The van der Waals surface area contributed by atoms with Crippen molar-refractivity contribution in [3.8, 4) is 28.7 Å². The van der Waals surface area contributed by atoms with E-state index in [1.807, 2.05) is 0 Å². The summed E-state index contributed by atoms with van der Waals surface area (Å²) in [5.41, 5.74) is 4.00. The van der Waals surface area contributed by atoms with Crippen LogP contribution in [-0.2, 0) is 26.1 Å². The first-order valence-electron chi connectivity index (χ1n) is 10.2. The molecule has 7 nitrogen and oxygen atoms in total. The summed E-state index contributed by atoms with van der Waals surface area (Å²) in [4.78, 5) is 0. The third-order valence-electron chi connectivity index (χ3n) is 5.89. The maximum atomic E-state index is 10.6. The fourth-order valence-corrected chi connectivity index (χ4v) is 3.99. The highest BCUT2D eigenvalue weighted by Crippen LogP contribution is 2.38. The molecule has 0 heterocycles. The molecule has 0 aromatic heterocycles. The van der Waals surface area contributed by atoms with E-state index in [2.05, 4.69) is 0 Å². The zero-order chi connectivity index (χ0) is 23.7. The molecule has 0 amide bonds. The Kier molecular flexibility index (Phi) is 6.52. The molecule has 0 fully saturated rings. The second kappa shape index (κ2) is 8.98. The monoisotopic (exact) mass is 440 g/mol. The van der Waals surface area contributed by atoms with Gasteiger partial charge in [-0.15, -0.1) is 0 Å². The zero-order valence-corrected chi connectivity index (χ0v) is 18.3. The second-order valence-electron chi connectivity index (χ2n) is 8.12. The molecule has 3 aromatic rings. The number of hydrogen-bond donors (Lipinski definition) is 7. The van der Waals surface area contributed by atoms with Gasteiger partial charge in [0.2, 0.25) is 0 Å². The summed E-state index contributed by atoms with van der Waals surface area (Å²) in [6, 6.07) is 6.58. The van der Waals surface area contributed by atoms with E-state index in [0.29, 0.717) is 27.8 Å². The minimum atomic E-state index is -0.391. The van der Waals surface area contributed by atoms with Crippen LogP contribution < -0.4 is 0 Å². The fraction of sp³-hybridized carbons (Fsp3) is 0.280. The molecule has 0 saturated heterocycles. The molecule has 0 aliphatic heterocycles. The van der Waals surface area contributed by atoms with Crippen molar-refractivity contribution in [2.24, 2.45) is 0 Å². The zero-order valence-electron chi connectivity index (χ0n) is 18.3. The third kappa shape index (κ3) is 4.17. The highest BCUT2D eigenvalue weighted by Gasteiger charge is 2.18. The van der Waals surface area contributed by atoms with Crippen molar-refractivity contribution in [1.82, 2.24) is 0 Å². The lowest BCUT2D eigenvalue weighted by atomic mass is 9.92. The van der Waals surface area contributed by atoms with Crippen LogP contribution in [-0.4, -0.2) is 35.7 Å². The van der Waals surface area contributed by atoms with Crippen molar-refractivity contribution in [3.63, 3.8) is 0 Å². The van der Waals surface area contributed by atoms with Crippen LogP contribution >= 0.6 is 0 Å². The molecule has 0 aliphatic rings. The normalized spacial score (nSPS) is 11.2. The predicted molar refractivity (Wildman–Crippen MR) is 119 cm³/mol. The van der Waals surface area contributed by atoms with E-state index in [0.717, 1.165) is 5.56 Å². The SMILES string of the molecule is Cc1cc(Cc2cc(CO)c(O)c(C)c2O)cc(Cc2cc(CO)c(O)c(C)c2O)c1O. The van der Waals surface area contributed by atoms with Gasteiger partial charge in [-0.05, 0) is 60.7 Å². The van der Waals surface area contributed by atoms with Crippen molar-refractivity contribution in [1.29, 1.82) is 0 Å². The first-order valence-corrected chi connectivity index (χ1v) is 10.2. The van der Waals surface area contributed by atoms with E-state index in [-0.39, 0.29) is 64.9 Å². The molecule has 7 heteroatoms. The Morgan fingerprint density at radius 2 is 0.906 bits per heavy atom. The second-order valence-corrected chi connectivity index (χ2v) is 8.12. The molecule has 3 aromatic carbocycles. The van der Waals surface area contributed by atoms with Crippen molar-refractivity contribution < 1.29 is 35.7 Å². The quantitative estimate of drug-likeness (QED) is 0.312. The topological polar surface area (TPSA) is 142 Å². The Morgan fingerprint density at radius 3 is 1.38 bits per heavy atom. The lowest BCUT2D eigenvalue weighted by Crippen LogP contribution is -2.00. The van der Waals surface area contributed by atoms with E-state index in [1.54, 1.807) is 39.0 Å². The van der Waals surface area contributed by atoms with Gasteiger partial charge in [0, 0.05) is 35.1 Å². The standard InChI is InChI=1S/C25H28O7/c1-12-4-15(6-17-8-19(10-26)24(31)13(2)22(17)29)5-16(21(12)28)7-18-9-20(11-27)25(32)14(3)23(18)30/h4-5,8-9,26-32H,6-7,10-11H2,1-3H3. The summed E-state index contributed by atoms with van der Waals surface area (Å²) < 4.78 is 0. The molecule has 0 spiro atoms. The lowest BCUT2D eigenvalue weighted by Gasteiger charge is -2.16. The van der Waals surface area contributed by atoms with Gasteiger partial charge >= 0.3 is 0 Å². The summed E-state index contributed by atoms with van der Waals surface area (Å²) >= 11 is 0. The highest BCUT2D eigenvalue weighted by atomic mass is 16.3. The van der Waals surface area contributed by atoms with Crippen molar-refractivity contribution in [3.05, 3.63) is 74.3 Å². The third-order valence-corrected chi connectivity index (χ3v) is 5.89. The minimum Gasteiger partial charge on any atom is -0.507 e. The van der Waals surface area contributed by atoms with E-state index >= 15 is 0 Å². The van der Waals surface area contributed by atoms with E-state index in [4.69, 9.17) is 0 Å². The lowest BCUT2D eigenvalue weighted by molar-refractivity contribution is 0.274. The first kappa shape index (κ1) is 23.2. The summed E-state index contributed by atoms with van der Waals surface area (Å²) in [6.45, 7) is 4.09. The van der Waals surface area contributed by atoms with Gasteiger partial charge in [0.25, 0.3) is 0 Å². The van der Waals surface area contributed by atoms with Gasteiger partial charge in [-0.2, -0.15) is 0 Å². The average Bonchev–Trinajstić information content (AvgIpc) is 2.77. The molecular weight excluding hydrogens is 412 g/mol. The summed E-state index contributed by atoms with van der Waals surface area (Å²) in [7, 11) is 0. The Balaban J connectivity index is 2.04. The largest absolute Gasteiger partial charge is 0.507 e. The van der Waals surface area contributed by atoms with E-state index in [9.17, 15) is 35.7 Å². The van der Waals surface area contributed by atoms with Gasteiger partial charge in [-0.1, -0.05) is 12.1 Å². The molecule has 0 atom stereocenters. The molecule has 0 bridgehead atoms. The highest BCUT2D eigenvalue weighted by molar-refractivity contribution is 5.57. The minimum absolute atomic E-state index is 0.0617. The van der Waals surface area contributed by atoms with Gasteiger partial charge in [-0.3, -0.25) is 0 Å². The molecule has 0 unspecified atom stereocenters. The van der Waals surface area contributed by atoms with Crippen molar-refractivity contribution in [2.75, 3.05) is 0 Å². The number of aromatic hydroxyl groups is 5. The van der Waals surface area contributed by atoms with Crippen LogP contribution in [0.15, 0.2) is 24.3 Å². The molecule has 3 rings (SSSR count). The van der Waals surface area contributed by atoms with Crippen LogP contribution in [0.25, 0.3) is 0 Å². The predicted octanol–water partition coefficient (Wildman–Crippen LogP) is 3.31. The number of hydrogen-bond acceptors (Lipinski definition) is 7. The van der Waals surface area contributed by atoms with E-state index in [1.165, 1.54) is 6.07 Å². The van der Waals surface area contributed by atoms with Crippen LogP contribution in [0.4, 0.5) is 0 Å². The van der Waals surface area contributed by atoms with Crippen LogP contribution in [0.5, 0.6) is 28.7 Å². The van der Waals surface area contributed by atoms with Gasteiger partial charge in [0.15, 0.2) is 0 Å². The molecule has 0 saturated carbocycles. The number of phenols is 5. The summed E-state index contributed by atoms with van der Waals surface area (Å²) in [6.07, 6.45) is 0.444. The Labute approximate surface area is 186 Å². The van der Waals surface area contributed by atoms with Gasteiger partial charge < -0.3 is 35.7 Å². The number of phenolic OH excluding ortho intramolecular Hbond substituents is 3. The van der Waals surface area contributed by atoms with Crippen LogP contribution in [0.2, 0.25) is 0 Å². The number of rotatable bonds is 6. The molecular formula is C25H28O7. The average molecular weight is 440 g/mol. The fourth-order valence-electron chi connectivity index (χ4n) is 3.99. The van der Waals surface area contributed by atoms with Crippen LogP contribution in [0, 0.1) is 20.8 Å². The Morgan fingerprint density at radius 1 is 0.500 bits per heavy atom. The molecule has 170 valence electrons. The summed E-state index contributed by atoms with van der Waals surface area (Å²) in [5.74, 6) is -0.422. The van der Waals surface area contributed by atoms with Gasteiger partial charge in [0.05, 0.1) is 13.2 Å². The smallest absolute Gasteiger partial charge is 0.127 e. The molecule has 0 aliphatic carbocycles. The molecule has 0 radical (unpaired) electrons. The summed E-state index contributed by atoms with van der Waals surface area (Å²) in [5, 5.41) is 70.6. The van der Waals surface area contributed by atoms with Gasteiger partial charge in [0.1, 0.15) is 28.7 Å². The van der Waals surface area contributed by atoms with Gasteiger partial charge in [-0.25, -0.2) is 0 Å². The number of benzene rings is 3. The van der Waals surface area contributed by atoms with Crippen molar-refractivity contribution >= 4 is 0 Å². The Hall–Kier alpha value is -3.42. The molecule has 7 N–H and O–H groups in total. The number of aliphatic hydroxyl groups excluding tert-OH is 2. The Bertz CT molecular complexity index is 1180.